The first-order valence-electron chi connectivity index (χ1n) is 9.07. The minimum absolute atomic E-state index is 0.171. The van der Waals surface area contributed by atoms with Crippen LogP contribution < -0.4 is 0 Å². The summed E-state index contributed by atoms with van der Waals surface area (Å²) in [6, 6.07) is 10.9. The number of aliphatic hydroxyl groups excluding tert-OH is 1. The summed E-state index contributed by atoms with van der Waals surface area (Å²) < 4.78 is 5.76. The average Bonchev–Trinajstić information content (AvgIpc) is 3.01. The van der Waals surface area contributed by atoms with E-state index in [1.807, 2.05) is 6.07 Å². The van der Waals surface area contributed by atoms with Crippen molar-refractivity contribution < 1.29 is 9.84 Å². The Morgan fingerprint density at radius 3 is 3.00 bits per heavy atom. The highest BCUT2D eigenvalue weighted by Crippen LogP contribution is 2.33. The third kappa shape index (κ3) is 3.06. The minimum atomic E-state index is -0.171. The normalized spacial score (nSPS) is 28.5. The highest BCUT2D eigenvalue weighted by Gasteiger charge is 2.37. The fourth-order valence-electron chi connectivity index (χ4n) is 4.41. The van der Waals surface area contributed by atoms with Crippen molar-refractivity contribution in [1.29, 1.82) is 0 Å². The summed E-state index contributed by atoms with van der Waals surface area (Å²) in [7, 11) is 0. The molecule has 2 heterocycles. The number of nitrogens with zero attached hydrogens (tertiary/aromatic N) is 2. The second-order valence-electron chi connectivity index (χ2n) is 7.21. The van der Waals surface area contributed by atoms with Gasteiger partial charge in [0.15, 0.2) is 0 Å². The van der Waals surface area contributed by atoms with Crippen LogP contribution in [-0.2, 0) is 11.3 Å². The van der Waals surface area contributed by atoms with Crippen LogP contribution in [0.25, 0.3) is 10.9 Å². The molecule has 1 aliphatic carbocycles. The third-order valence-electron chi connectivity index (χ3n) is 5.61. The Morgan fingerprint density at radius 1 is 1.29 bits per heavy atom. The van der Waals surface area contributed by atoms with Gasteiger partial charge in [0.25, 0.3) is 0 Å². The Hall–Kier alpha value is -1.49. The first-order valence-corrected chi connectivity index (χ1v) is 9.07. The van der Waals surface area contributed by atoms with Gasteiger partial charge in [0.05, 0.1) is 24.8 Å². The molecule has 0 radical (unpaired) electrons. The Bertz CT molecular complexity index is 718. The van der Waals surface area contributed by atoms with E-state index in [0.29, 0.717) is 12.0 Å². The van der Waals surface area contributed by atoms with Gasteiger partial charge in [-0.1, -0.05) is 24.6 Å². The van der Waals surface area contributed by atoms with E-state index in [-0.39, 0.29) is 6.10 Å². The van der Waals surface area contributed by atoms with Crippen LogP contribution in [-0.4, -0.2) is 46.9 Å². The molecule has 1 aromatic carbocycles. The standard InChI is InChI=1S/C20H26N2O2/c1-14-11-15(16-5-2-3-7-18(16)21-14)12-22-9-10-24-13-19(22)17-6-4-8-20(17)23/h2-3,5,7,11,17,19-20,23H,4,6,8-10,12-13H2,1H3. The van der Waals surface area contributed by atoms with Gasteiger partial charge in [-0.25, -0.2) is 0 Å². The largest absolute Gasteiger partial charge is 0.393 e. The van der Waals surface area contributed by atoms with Crippen LogP contribution in [0.2, 0.25) is 0 Å². The zero-order chi connectivity index (χ0) is 16.5. The first kappa shape index (κ1) is 16.0. The van der Waals surface area contributed by atoms with Crippen LogP contribution in [0.1, 0.15) is 30.5 Å². The van der Waals surface area contributed by atoms with Crippen molar-refractivity contribution in [3.63, 3.8) is 0 Å². The number of aliphatic hydroxyl groups is 1. The van der Waals surface area contributed by atoms with Crippen molar-refractivity contribution in [2.24, 2.45) is 5.92 Å². The molecule has 0 amide bonds. The molecule has 2 aromatic rings. The van der Waals surface area contributed by atoms with Gasteiger partial charge in [0, 0.05) is 36.1 Å². The number of benzene rings is 1. The van der Waals surface area contributed by atoms with E-state index in [1.54, 1.807) is 0 Å². The van der Waals surface area contributed by atoms with E-state index in [4.69, 9.17) is 4.74 Å². The molecule has 1 N–H and O–H groups in total. The van der Waals surface area contributed by atoms with Crippen molar-refractivity contribution in [2.75, 3.05) is 19.8 Å². The molecule has 3 unspecified atom stereocenters. The number of hydrogen-bond donors (Lipinski definition) is 1. The fraction of sp³-hybridized carbons (Fsp3) is 0.550. The first-order chi connectivity index (χ1) is 11.7. The van der Waals surface area contributed by atoms with Gasteiger partial charge < -0.3 is 9.84 Å². The maximum atomic E-state index is 10.3. The number of hydrogen-bond acceptors (Lipinski definition) is 4. The van der Waals surface area contributed by atoms with E-state index in [1.165, 1.54) is 10.9 Å². The molecule has 1 saturated heterocycles. The lowest BCUT2D eigenvalue weighted by Gasteiger charge is -2.40. The van der Waals surface area contributed by atoms with E-state index < -0.39 is 0 Å². The molecule has 1 saturated carbocycles. The molecule has 0 spiro atoms. The number of ether oxygens (including phenoxy) is 1. The Labute approximate surface area is 143 Å². The van der Waals surface area contributed by atoms with Gasteiger partial charge in [0.1, 0.15) is 0 Å². The minimum Gasteiger partial charge on any atom is -0.393 e. The molecule has 4 rings (SSSR count). The third-order valence-corrected chi connectivity index (χ3v) is 5.61. The fourth-order valence-corrected chi connectivity index (χ4v) is 4.41. The zero-order valence-corrected chi connectivity index (χ0v) is 14.3. The molecular weight excluding hydrogens is 300 g/mol. The number of aromatic nitrogens is 1. The van der Waals surface area contributed by atoms with Crippen molar-refractivity contribution in [2.45, 2.75) is 44.9 Å². The molecule has 2 fully saturated rings. The number of para-hydroxylation sites is 1. The topological polar surface area (TPSA) is 45.6 Å². The Morgan fingerprint density at radius 2 is 2.17 bits per heavy atom. The lowest BCUT2D eigenvalue weighted by Crippen LogP contribution is -2.50. The Balaban J connectivity index is 1.63. The summed E-state index contributed by atoms with van der Waals surface area (Å²) in [4.78, 5) is 7.17. The molecular formula is C20H26N2O2. The SMILES string of the molecule is Cc1cc(CN2CCOCC2C2CCCC2O)c2ccccc2n1. The van der Waals surface area contributed by atoms with Gasteiger partial charge in [0.2, 0.25) is 0 Å². The van der Waals surface area contributed by atoms with Crippen LogP contribution in [0.3, 0.4) is 0 Å². The van der Waals surface area contributed by atoms with E-state index >= 15 is 0 Å². The second-order valence-corrected chi connectivity index (χ2v) is 7.21. The molecule has 24 heavy (non-hydrogen) atoms. The number of morpholine rings is 1. The van der Waals surface area contributed by atoms with Crippen LogP contribution in [0.15, 0.2) is 30.3 Å². The Kier molecular flexibility index (Phi) is 4.53. The molecule has 4 heteroatoms. The van der Waals surface area contributed by atoms with Crippen LogP contribution in [0.4, 0.5) is 0 Å². The van der Waals surface area contributed by atoms with E-state index in [0.717, 1.165) is 56.8 Å². The van der Waals surface area contributed by atoms with Crippen LogP contribution in [0.5, 0.6) is 0 Å². The lowest BCUT2D eigenvalue weighted by molar-refractivity contribution is -0.0535. The van der Waals surface area contributed by atoms with Gasteiger partial charge in [-0.05, 0) is 37.5 Å². The number of fused-ring (bicyclic) bond motifs is 1. The quantitative estimate of drug-likeness (QED) is 0.942. The lowest BCUT2D eigenvalue weighted by atomic mass is 9.93. The highest BCUT2D eigenvalue weighted by molar-refractivity contribution is 5.82. The highest BCUT2D eigenvalue weighted by atomic mass is 16.5. The summed E-state index contributed by atoms with van der Waals surface area (Å²) in [5.74, 6) is 0.347. The summed E-state index contributed by atoms with van der Waals surface area (Å²) in [5.41, 5.74) is 3.46. The predicted molar refractivity (Wildman–Crippen MR) is 94.8 cm³/mol. The van der Waals surface area contributed by atoms with Crippen LogP contribution >= 0.6 is 0 Å². The molecule has 0 bridgehead atoms. The van der Waals surface area contributed by atoms with Gasteiger partial charge in [-0.3, -0.25) is 9.88 Å². The van der Waals surface area contributed by atoms with Crippen LogP contribution in [0, 0.1) is 12.8 Å². The smallest absolute Gasteiger partial charge is 0.0708 e. The number of aryl methyl sites for hydroxylation is 1. The van der Waals surface area contributed by atoms with Gasteiger partial charge in [-0.15, -0.1) is 0 Å². The van der Waals surface area contributed by atoms with Crippen molar-refractivity contribution >= 4 is 10.9 Å². The summed E-state index contributed by atoms with van der Waals surface area (Å²) >= 11 is 0. The number of pyridine rings is 1. The van der Waals surface area contributed by atoms with E-state index in [9.17, 15) is 5.11 Å². The van der Waals surface area contributed by atoms with Crippen molar-refractivity contribution in [3.8, 4) is 0 Å². The summed E-state index contributed by atoms with van der Waals surface area (Å²) in [5, 5.41) is 11.6. The van der Waals surface area contributed by atoms with E-state index in [2.05, 4.69) is 41.1 Å². The predicted octanol–water partition coefficient (Wildman–Crippen LogP) is 2.91. The molecule has 2 aliphatic rings. The molecule has 4 nitrogen and oxygen atoms in total. The van der Waals surface area contributed by atoms with Crippen molar-refractivity contribution in [3.05, 3.63) is 41.6 Å². The number of rotatable bonds is 3. The van der Waals surface area contributed by atoms with Gasteiger partial charge >= 0.3 is 0 Å². The second kappa shape index (κ2) is 6.79. The zero-order valence-electron chi connectivity index (χ0n) is 14.3. The van der Waals surface area contributed by atoms with Gasteiger partial charge in [-0.2, -0.15) is 0 Å². The molecule has 128 valence electrons. The maximum absolute atomic E-state index is 10.3. The average molecular weight is 326 g/mol. The summed E-state index contributed by atoms with van der Waals surface area (Å²) in [6.45, 7) is 5.42. The maximum Gasteiger partial charge on any atom is 0.0708 e. The monoisotopic (exact) mass is 326 g/mol. The molecule has 1 aromatic heterocycles. The summed E-state index contributed by atoms with van der Waals surface area (Å²) in [6.07, 6.45) is 3.01. The molecule has 1 aliphatic heterocycles. The molecule has 3 atom stereocenters. The van der Waals surface area contributed by atoms with Crippen molar-refractivity contribution in [1.82, 2.24) is 9.88 Å².